The van der Waals surface area contributed by atoms with E-state index in [2.05, 4.69) is 20.3 Å². The van der Waals surface area contributed by atoms with Crippen LogP contribution in [0.5, 0.6) is 0 Å². The SMILES string of the molecule is CCCNC(=O)c1ccc(N2CCCC(c3nn(C)c(=O)n3CC)C2)nc1. The third kappa shape index (κ3) is 4.04. The van der Waals surface area contributed by atoms with Crippen molar-refractivity contribution in [2.24, 2.45) is 7.05 Å². The summed E-state index contributed by atoms with van der Waals surface area (Å²) in [6.07, 6.45) is 4.56. The van der Waals surface area contributed by atoms with Crippen molar-refractivity contribution in [3.05, 3.63) is 40.2 Å². The number of hydrogen-bond donors (Lipinski definition) is 1. The number of carbonyl (C=O) groups excluding carboxylic acids is 1. The molecule has 27 heavy (non-hydrogen) atoms. The van der Waals surface area contributed by atoms with Crippen LogP contribution >= 0.6 is 0 Å². The first-order valence-corrected chi connectivity index (χ1v) is 9.68. The number of rotatable bonds is 6. The molecular formula is C19H28N6O2. The Morgan fingerprint density at radius 1 is 1.33 bits per heavy atom. The molecule has 0 spiro atoms. The molecule has 1 unspecified atom stereocenters. The third-order valence-electron chi connectivity index (χ3n) is 5.01. The van der Waals surface area contributed by atoms with Gasteiger partial charge in [0.2, 0.25) is 0 Å². The molecule has 146 valence electrons. The van der Waals surface area contributed by atoms with E-state index in [4.69, 9.17) is 0 Å². The zero-order valence-electron chi connectivity index (χ0n) is 16.3. The van der Waals surface area contributed by atoms with Gasteiger partial charge >= 0.3 is 5.69 Å². The number of nitrogens with zero attached hydrogens (tertiary/aromatic N) is 5. The lowest BCUT2D eigenvalue weighted by molar-refractivity contribution is 0.0953. The number of pyridine rings is 1. The second-order valence-electron chi connectivity index (χ2n) is 6.95. The molecule has 3 heterocycles. The number of aryl methyl sites for hydroxylation is 1. The molecular weight excluding hydrogens is 344 g/mol. The summed E-state index contributed by atoms with van der Waals surface area (Å²) in [5.74, 6) is 1.81. The lowest BCUT2D eigenvalue weighted by atomic mass is 9.97. The fourth-order valence-corrected chi connectivity index (χ4v) is 3.57. The molecule has 1 amide bonds. The van der Waals surface area contributed by atoms with Crippen LogP contribution in [0.3, 0.4) is 0 Å². The minimum atomic E-state index is -0.0899. The summed E-state index contributed by atoms with van der Waals surface area (Å²) in [6, 6.07) is 3.72. The average molecular weight is 372 g/mol. The van der Waals surface area contributed by atoms with E-state index in [0.29, 0.717) is 18.7 Å². The Labute approximate surface area is 159 Å². The number of nitrogens with one attached hydrogen (secondary N) is 1. The van der Waals surface area contributed by atoms with Gasteiger partial charge in [0.15, 0.2) is 0 Å². The summed E-state index contributed by atoms with van der Waals surface area (Å²) in [6.45, 7) is 6.96. The molecule has 0 aromatic carbocycles. The maximum atomic E-state index is 12.2. The van der Waals surface area contributed by atoms with E-state index in [1.54, 1.807) is 17.8 Å². The van der Waals surface area contributed by atoms with E-state index < -0.39 is 0 Å². The highest BCUT2D eigenvalue weighted by Gasteiger charge is 2.27. The highest BCUT2D eigenvalue weighted by Crippen LogP contribution is 2.27. The molecule has 3 rings (SSSR count). The number of carbonyl (C=O) groups is 1. The molecule has 2 aromatic rings. The number of aromatic nitrogens is 4. The summed E-state index contributed by atoms with van der Waals surface area (Å²) < 4.78 is 3.17. The van der Waals surface area contributed by atoms with E-state index >= 15 is 0 Å². The highest BCUT2D eigenvalue weighted by atomic mass is 16.2. The zero-order valence-corrected chi connectivity index (χ0v) is 16.3. The molecule has 0 aliphatic carbocycles. The molecule has 1 N–H and O–H groups in total. The lowest BCUT2D eigenvalue weighted by Crippen LogP contribution is -2.36. The molecule has 1 fully saturated rings. The smallest absolute Gasteiger partial charge is 0.345 e. The Morgan fingerprint density at radius 3 is 2.81 bits per heavy atom. The van der Waals surface area contributed by atoms with Gasteiger partial charge in [0.25, 0.3) is 5.91 Å². The van der Waals surface area contributed by atoms with E-state index in [1.807, 2.05) is 26.0 Å². The molecule has 8 heteroatoms. The van der Waals surface area contributed by atoms with E-state index in [0.717, 1.165) is 44.0 Å². The molecule has 0 bridgehead atoms. The van der Waals surface area contributed by atoms with Crippen LogP contribution in [0.25, 0.3) is 0 Å². The van der Waals surface area contributed by atoms with Gasteiger partial charge in [0.05, 0.1) is 5.56 Å². The Morgan fingerprint density at radius 2 is 2.15 bits per heavy atom. The van der Waals surface area contributed by atoms with Gasteiger partial charge in [-0.15, -0.1) is 0 Å². The number of anilines is 1. The minimum absolute atomic E-state index is 0.0646. The topological polar surface area (TPSA) is 85.0 Å². The Balaban J connectivity index is 1.74. The Kier molecular flexibility index (Phi) is 5.93. The highest BCUT2D eigenvalue weighted by molar-refractivity contribution is 5.94. The third-order valence-corrected chi connectivity index (χ3v) is 5.01. The predicted molar refractivity (Wildman–Crippen MR) is 104 cm³/mol. The summed E-state index contributed by atoms with van der Waals surface area (Å²) in [7, 11) is 1.70. The average Bonchev–Trinajstić information content (AvgIpc) is 3.00. The molecule has 0 radical (unpaired) electrons. The van der Waals surface area contributed by atoms with Crippen molar-refractivity contribution < 1.29 is 4.79 Å². The largest absolute Gasteiger partial charge is 0.356 e. The number of piperidine rings is 1. The molecule has 0 saturated carbocycles. The monoisotopic (exact) mass is 372 g/mol. The first-order valence-electron chi connectivity index (χ1n) is 9.68. The van der Waals surface area contributed by atoms with Crippen molar-refractivity contribution in [3.63, 3.8) is 0 Å². The van der Waals surface area contributed by atoms with Crippen molar-refractivity contribution in [2.75, 3.05) is 24.5 Å². The molecule has 2 aromatic heterocycles. The first kappa shape index (κ1) is 19.1. The van der Waals surface area contributed by atoms with Crippen LogP contribution in [-0.4, -0.2) is 44.9 Å². The van der Waals surface area contributed by atoms with E-state index in [9.17, 15) is 9.59 Å². The summed E-state index contributed by atoms with van der Waals surface area (Å²) >= 11 is 0. The van der Waals surface area contributed by atoms with Gasteiger partial charge in [-0.25, -0.2) is 14.5 Å². The van der Waals surface area contributed by atoms with Crippen molar-refractivity contribution >= 4 is 11.7 Å². The molecule has 1 atom stereocenters. The maximum Gasteiger partial charge on any atom is 0.345 e. The van der Waals surface area contributed by atoms with Crippen molar-refractivity contribution in [2.45, 2.75) is 45.6 Å². The lowest BCUT2D eigenvalue weighted by Gasteiger charge is -2.33. The van der Waals surface area contributed by atoms with Crippen molar-refractivity contribution in [3.8, 4) is 0 Å². The summed E-state index contributed by atoms with van der Waals surface area (Å²) in [5, 5.41) is 7.33. The number of amides is 1. The van der Waals surface area contributed by atoms with Gasteiger partial charge in [-0.05, 0) is 38.3 Å². The van der Waals surface area contributed by atoms with Gasteiger partial charge in [-0.3, -0.25) is 9.36 Å². The molecule has 1 aliphatic heterocycles. The van der Waals surface area contributed by atoms with Gasteiger partial charge < -0.3 is 10.2 Å². The van der Waals surface area contributed by atoms with Crippen molar-refractivity contribution in [1.82, 2.24) is 24.6 Å². The van der Waals surface area contributed by atoms with E-state index in [-0.39, 0.29) is 17.5 Å². The van der Waals surface area contributed by atoms with Gasteiger partial charge in [0, 0.05) is 45.3 Å². The Bertz CT molecular complexity index is 839. The van der Waals surface area contributed by atoms with Crippen molar-refractivity contribution in [1.29, 1.82) is 0 Å². The van der Waals surface area contributed by atoms with Gasteiger partial charge in [0.1, 0.15) is 11.6 Å². The van der Waals surface area contributed by atoms with Gasteiger partial charge in [-0.1, -0.05) is 6.92 Å². The van der Waals surface area contributed by atoms with Crippen LogP contribution in [0.4, 0.5) is 5.82 Å². The minimum Gasteiger partial charge on any atom is -0.356 e. The van der Waals surface area contributed by atoms with Crippen LogP contribution in [-0.2, 0) is 13.6 Å². The Hall–Kier alpha value is -2.64. The van der Waals surface area contributed by atoms with E-state index in [1.165, 1.54) is 4.68 Å². The maximum absolute atomic E-state index is 12.2. The fraction of sp³-hybridized carbons (Fsp3) is 0.579. The second-order valence-corrected chi connectivity index (χ2v) is 6.95. The molecule has 8 nitrogen and oxygen atoms in total. The normalized spacial score (nSPS) is 17.1. The zero-order chi connectivity index (χ0) is 19.4. The van der Waals surface area contributed by atoms with Crippen LogP contribution in [0.15, 0.2) is 23.1 Å². The van der Waals surface area contributed by atoms with Crippen LogP contribution in [0, 0.1) is 0 Å². The van der Waals surface area contributed by atoms with Gasteiger partial charge in [-0.2, -0.15) is 5.10 Å². The first-order chi connectivity index (χ1) is 13.0. The predicted octanol–water partition coefficient (Wildman–Crippen LogP) is 1.52. The van der Waals surface area contributed by atoms with Crippen LogP contribution in [0.2, 0.25) is 0 Å². The molecule has 1 saturated heterocycles. The second kappa shape index (κ2) is 8.37. The van der Waals surface area contributed by atoms with Crippen LogP contribution < -0.4 is 15.9 Å². The number of hydrogen-bond acceptors (Lipinski definition) is 5. The molecule has 1 aliphatic rings. The summed E-state index contributed by atoms with van der Waals surface area (Å²) in [4.78, 5) is 30.9. The quantitative estimate of drug-likeness (QED) is 0.831. The standard InChI is InChI=1S/C19H28N6O2/c1-4-10-20-18(26)14-8-9-16(21-12-14)24-11-6-7-15(13-24)17-22-23(3)19(27)25(17)5-2/h8-9,12,15H,4-7,10-11,13H2,1-3H3,(H,20,26). The van der Waals surface area contributed by atoms with Crippen LogP contribution in [0.1, 0.15) is 55.2 Å². The summed E-state index contributed by atoms with van der Waals surface area (Å²) in [5.41, 5.74) is 0.510. The fourth-order valence-electron chi connectivity index (χ4n) is 3.57.